The third-order valence-corrected chi connectivity index (χ3v) is 14.0. The van der Waals surface area contributed by atoms with Crippen molar-refractivity contribution in [3.8, 4) is 56.4 Å². The molecule has 0 saturated carbocycles. The summed E-state index contributed by atoms with van der Waals surface area (Å²) >= 11 is 0. The maximum absolute atomic E-state index is 12.2. The van der Waals surface area contributed by atoms with Crippen LogP contribution in [0, 0.1) is 26.2 Å². The summed E-state index contributed by atoms with van der Waals surface area (Å²) in [5, 5.41) is 23.1. The van der Waals surface area contributed by atoms with Crippen LogP contribution in [0.5, 0.6) is 23.0 Å². The fourth-order valence-corrected chi connectivity index (χ4v) is 10.6. The first kappa shape index (κ1) is 45.1. The molecule has 0 bridgehead atoms. The number of phenols is 2. The lowest BCUT2D eigenvalue weighted by Crippen LogP contribution is -2.29. The molecule has 0 radical (unpaired) electrons. The molecule has 0 aromatic heterocycles. The van der Waals surface area contributed by atoms with Crippen molar-refractivity contribution in [3.05, 3.63) is 152 Å². The monoisotopic (exact) mass is 855 g/mol. The average Bonchev–Trinajstić information content (AvgIpc) is 3.31. The van der Waals surface area contributed by atoms with E-state index in [2.05, 4.69) is 71.0 Å². The minimum absolute atomic E-state index is 0.278. The zero-order valence-electron chi connectivity index (χ0n) is 39.7. The summed E-state index contributed by atoms with van der Waals surface area (Å²) in [5.41, 5.74) is 20.6. The van der Waals surface area contributed by atoms with E-state index in [1.807, 2.05) is 68.4 Å². The molecular formula is C60H70O4. The number of hydrogen-bond acceptors (Lipinski definition) is 4. The Labute approximate surface area is 383 Å². The lowest BCUT2D eigenvalue weighted by molar-refractivity contribution is 0.111. The predicted molar refractivity (Wildman–Crippen MR) is 267 cm³/mol. The minimum Gasteiger partial charge on any atom is -0.507 e. The van der Waals surface area contributed by atoms with Gasteiger partial charge in [-0.3, -0.25) is 0 Å². The molecule has 4 heteroatoms. The normalized spacial score (nSPS) is 14.4. The molecule has 4 nitrogen and oxygen atoms in total. The second-order valence-electron chi connectivity index (χ2n) is 19.7. The molecule has 0 unspecified atom stereocenters. The summed E-state index contributed by atoms with van der Waals surface area (Å²) in [4.78, 5) is 0. The molecule has 64 heavy (non-hydrogen) atoms. The summed E-state index contributed by atoms with van der Waals surface area (Å²) < 4.78 is 13.1. The molecule has 0 amide bonds. The van der Waals surface area contributed by atoms with Crippen molar-refractivity contribution in [2.45, 2.75) is 138 Å². The SMILES string of the molecule is CCc1cc2c(cc1CC)CCCC2.Cc1cc(C)c(O)c(-c2ccccc2OCC(C)(C)COc2ccccc2-c2cc(C)cc(-c3c4c(cc5c3CCCC5)CCCC4)c2O)c1. The number of para-hydroxylation sites is 2. The van der Waals surface area contributed by atoms with Crippen LogP contribution in [0.3, 0.4) is 0 Å². The molecule has 0 saturated heterocycles. The van der Waals surface area contributed by atoms with E-state index in [9.17, 15) is 10.2 Å². The van der Waals surface area contributed by atoms with Crippen LogP contribution in [-0.2, 0) is 51.4 Å². The van der Waals surface area contributed by atoms with Gasteiger partial charge in [-0.2, -0.15) is 0 Å². The maximum atomic E-state index is 12.2. The summed E-state index contributed by atoms with van der Waals surface area (Å²) in [6.45, 7) is 15.7. The Hall–Kier alpha value is -5.48. The molecular weight excluding hydrogens is 785 g/mol. The molecule has 6 aromatic carbocycles. The van der Waals surface area contributed by atoms with Gasteiger partial charge < -0.3 is 19.7 Å². The van der Waals surface area contributed by atoms with Crippen LogP contribution >= 0.6 is 0 Å². The van der Waals surface area contributed by atoms with Gasteiger partial charge in [-0.15, -0.1) is 0 Å². The van der Waals surface area contributed by atoms with Gasteiger partial charge in [0.2, 0.25) is 0 Å². The maximum Gasteiger partial charge on any atom is 0.131 e. The first-order valence-corrected chi connectivity index (χ1v) is 24.3. The Morgan fingerprint density at radius 2 is 0.891 bits per heavy atom. The quantitative estimate of drug-likeness (QED) is 0.136. The second-order valence-corrected chi connectivity index (χ2v) is 19.7. The molecule has 9 rings (SSSR count). The van der Waals surface area contributed by atoms with Crippen molar-refractivity contribution in [2.75, 3.05) is 13.2 Å². The number of aromatic hydroxyl groups is 2. The standard InChI is InChI=1S/C46H50O4.C14H20/c1-29-22-31(3)44(47)38(23-29)36-18-10-12-20-41(36)49-27-46(4,5)28-50-42-21-13-11-19-37(42)39-24-30(2)25-40(45(39)48)43-34-16-8-6-14-32(34)26-33-15-7-9-17-35(33)43;1-3-11-9-13-7-5-6-8-14(13)10-12(11)4-2/h10-13,18-26,47-48H,6-9,14-17,27-28H2,1-5H3;9-10H,3-8H2,1-2H3. The van der Waals surface area contributed by atoms with Gasteiger partial charge in [0.15, 0.2) is 0 Å². The lowest BCUT2D eigenvalue weighted by Gasteiger charge is -2.29. The molecule has 0 atom stereocenters. The minimum atomic E-state index is -0.341. The highest BCUT2D eigenvalue weighted by Crippen LogP contribution is 2.48. The number of rotatable bonds is 11. The van der Waals surface area contributed by atoms with E-state index in [0.717, 1.165) is 81.7 Å². The number of ether oxygens (including phenoxy) is 2. The molecule has 334 valence electrons. The van der Waals surface area contributed by atoms with E-state index in [0.29, 0.717) is 19.0 Å². The molecule has 3 aliphatic carbocycles. The van der Waals surface area contributed by atoms with Crippen molar-refractivity contribution in [3.63, 3.8) is 0 Å². The van der Waals surface area contributed by atoms with Crippen LogP contribution in [-0.4, -0.2) is 23.4 Å². The summed E-state index contributed by atoms with van der Waals surface area (Å²) in [7, 11) is 0. The Bertz CT molecular complexity index is 2550. The zero-order chi connectivity index (χ0) is 45.0. The van der Waals surface area contributed by atoms with E-state index in [1.54, 1.807) is 22.3 Å². The largest absolute Gasteiger partial charge is 0.507 e. The molecule has 6 aromatic rings. The van der Waals surface area contributed by atoms with Crippen LogP contribution in [0.1, 0.15) is 127 Å². The molecule has 0 aliphatic heterocycles. The number of hydrogen-bond donors (Lipinski definition) is 2. The number of benzene rings is 6. The fourth-order valence-electron chi connectivity index (χ4n) is 10.6. The Morgan fingerprint density at radius 3 is 1.39 bits per heavy atom. The zero-order valence-corrected chi connectivity index (χ0v) is 39.7. The van der Waals surface area contributed by atoms with Gasteiger partial charge in [-0.25, -0.2) is 0 Å². The Kier molecular flexibility index (Phi) is 13.9. The van der Waals surface area contributed by atoms with Crippen LogP contribution in [0.4, 0.5) is 0 Å². The van der Waals surface area contributed by atoms with E-state index in [1.165, 1.54) is 92.0 Å². The highest BCUT2D eigenvalue weighted by Gasteiger charge is 2.27. The van der Waals surface area contributed by atoms with Gasteiger partial charge in [-0.05, 0) is 208 Å². The topological polar surface area (TPSA) is 58.9 Å². The van der Waals surface area contributed by atoms with E-state index in [-0.39, 0.29) is 11.2 Å². The second kappa shape index (κ2) is 19.7. The van der Waals surface area contributed by atoms with Gasteiger partial charge in [-0.1, -0.05) is 88.4 Å². The van der Waals surface area contributed by atoms with Crippen molar-refractivity contribution < 1.29 is 19.7 Å². The van der Waals surface area contributed by atoms with Crippen LogP contribution in [0.2, 0.25) is 0 Å². The molecule has 0 fully saturated rings. The van der Waals surface area contributed by atoms with Crippen LogP contribution < -0.4 is 9.47 Å². The van der Waals surface area contributed by atoms with Crippen molar-refractivity contribution in [1.82, 2.24) is 0 Å². The molecule has 0 heterocycles. The summed E-state index contributed by atoms with van der Waals surface area (Å²) in [6.07, 6.45) is 17.1. The number of aryl methyl sites for hydroxylation is 9. The summed E-state index contributed by atoms with van der Waals surface area (Å²) in [6, 6.07) is 31.6. The average molecular weight is 855 g/mol. The fraction of sp³-hybridized carbons (Fsp3) is 0.400. The van der Waals surface area contributed by atoms with Crippen molar-refractivity contribution in [2.24, 2.45) is 5.41 Å². The highest BCUT2D eigenvalue weighted by molar-refractivity contribution is 5.88. The third-order valence-electron chi connectivity index (χ3n) is 14.0. The van der Waals surface area contributed by atoms with Gasteiger partial charge in [0, 0.05) is 33.2 Å². The van der Waals surface area contributed by atoms with Crippen LogP contribution in [0.15, 0.2) is 91.0 Å². The predicted octanol–water partition coefficient (Wildman–Crippen LogP) is 15.0. The highest BCUT2D eigenvalue weighted by atomic mass is 16.5. The lowest BCUT2D eigenvalue weighted by atomic mass is 9.76. The number of fused-ring (bicyclic) bond motifs is 3. The van der Waals surface area contributed by atoms with Crippen molar-refractivity contribution >= 4 is 0 Å². The number of phenolic OH excluding ortho intramolecular Hbond substituents is 2. The first-order valence-electron chi connectivity index (χ1n) is 24.3. The van der Waals surface area contributed by atoms with Crippen LogP contribution in [0.25, 0.3) is 33.4 Å². The van der Waals surface area contributed by atoms with E-state index in [4.69, 9.17) is 9.47 Å². The Morgan fingerprint density at radius 1 is 0.469 bits per heavy atom. The van der Waals surface area contributed by atoms with Crippen molar-refractivity contribution in [1.29, 1.82) is 0 Å². The van der Waals surface area contributed by atoms with Gasteiger partial charge in [0.25, 0.3) is 0 Å². The smallest absolute Gasteiger partial charge is 0.131 e. The van der Waals surface area contributed by atoms with Gasteiger partial charge in [0.05, 0.1) is 13.2 Å². The third kappa shape index (κ3) is 9.77. The van der Waals surface area contributed by atoms with Gasteiger partial charge in [0.1, 0.15) is 23.0 Å². The Balaban J connectivity index is 0.000000339. The molecule has 2 N–H and O–H groups in total. The first-order chi connectivity index (χ1) is 30.9. The van der Waals surface area contributed by atoms with E-state index >= 15 is 0 Å². The molecule has 3 aliphatic rings. The van der Waals surface area contributed by atoms with E-state index < -0.39 is 0 Å². The molecule has 0 spiro atoms. The van der Waals surface area contributed by atoms with Gasteiger partial charge >= 0.3 is 0 Å². The summed E-state index contributed by atoms with van der Waals surface area (Å²) in [5.74, 6) is 2.08.